The average molecular weight is 441 g/mol. The highest BCUT2D eigenvalue weighted by atomic mass is 32.2. The molecule has 4 rings (SSSR count). The van der Waals surface area contributed by atoms with Crippen LogP contribution in [-0.4, -0.2) is 44.3 Å². The summed E-state index contributed by atoms with van der Waals surface area (Å²) in [5.74, 6) is -0.355. The highest BCUT2D eigenvalue weighted by Gasteiger charge is 2.35. The predicted molar refractivity (Wildman–Crippen MR) is 118 cm³/mol. The first-order valence-corrected chi connectivity index (χ1v) is 12.5. The van der Waals surface area contributed by atoms with E-state index in [-0.39, 0.29) is 28.0 Å². The van der Waals surface area contributed by atoms with Crippen molar-refractivity contribution in [1.29, 1.82) is 0 Å². The fourth-order valence-corrected chi connectivity index (χ4v) is 6.21. The molecule has 2 amide bonds. The number of hydrogen-bond donors (Lipinski definition) is 1. The van der Waals surface area contributed by atoms with Crippen LogP contribution in [0.15, 0.2) is 59.5 Å². The number of nitrogens with zero attached hydrogens (tertiary/aromatic N) is 1. The summed E-state index contributed by atoms with van der Waals surface area (Å²) in [4.78, 5) is 27.3. The highest BCUT2D eigenvalue weighted by Crippen LogP contribution is 2.29. The zero-order valence-electron chi connectivity index (χ0n) is 17.5. The average Bonchev–Trinajstić information content (AvgIpc) is 3.42. The van der Waals surface area contributed by atoms with Crippen LogP contribution in [0.4, 0.5) is 0 Å². The molecule has 1 heterocycles. The van der Waals surface area contributed by atoms with E-state index in [0.29, 0.717) is 31.1 Å². The van der Waals surface area contributed by atoms with Crippen molar-refractivity contribution in [3.05, 3.63) is 65.7 Å². The minimum atomic E-state index is -3.68. The summed E-state index contributed by atoms with van der Waals surface area (Å²) in [6.07, 6.45) is 4.91. The maximum atomic E-state index is 13.0. The molecule has 1 aliphatic heterocycles. The van der Waals surface area contributed by atoms with Crippen molar-refractivity contribution in [1.82, 2.24) is 10.2 Å². The maximum absolute atomic E-state index is 13.0. The maximum Gasteiger partial charge on any atom is 0.252 e. The van der Waals surface area contributed by atoms with Crippen molar-refractivity contribution in [2.24, 2.45) is 5.92 Å². The van der Waals surface area contributed by atoms with Gasteiger partial charge in [-0.2, -0.15) is 0 Å². The van der Waals surface area contributed by atoms with Crippen LogP contribution in [0.5, 0.6) is 0 Å². The Bertz CT molecular complexity index is 1050. The van der Waals surface area contributed by atoms with Crippen LogP contribution < -0.4 is 5.32 Å². The van der Waals surface area contributed by atoms with Gasteiger partial charge in [-0.15, -0.1) is 0 Å². The van der Waals surface area contributed by atoms with Gasteiger partial charge in [0.15, 0.2) is 9.84 Å². The number of nitrogens with one attached hydrogen (secondary N) is 1. The zero-order valence-corrected chi connectivity index (χ0v) is 18.3. The van der Waals surface area contributed by atoms with Gasteiger partial charge in [0.25, 0.3) is 5.91 Å². The Balaban J connectivity index is 1.42. The minimum Gasteiger partial charge on any atom is -0.352 e. The first kappa shape index (κ1) is 21.6. The van der Waals surface area contributed by atoms with Gasteiger partial charge in [-0.25, -0.2) is 8.42 Å². The van der Waals surface area contributed by atoms with Gasteiger partial charge in [0, 0.05) is 31.5 Å². The largest absolute Gasteiger partial charge is 0.352 e. The second-order valence-corrected chi connectivity index (χ2v) is 10.5. The monoisotopic (exact) mass is 440 g/mol. The Morgan fingerprint density at radius 3 is 2.42 bits per heavy atom. The summed E-state index contributed by atoms with van der Waals surface area (Å²) >= 11 is 0. The number of rotatable bonds is 7. The van der Waals surface area contributed by atoms with E-state index in [1.165, 1.54) is 25.0 Å². The minimum absolute atomic E-state index is 0.0337. The summed E-state index contributed by atoms with van der Waals surface area (Å²) in [6, 6.07) is 15.6. The van der Waals surface area contributed by atoms with Crippen LogP contribution in [0.25, 0.3) is 0 Å². The quantitative estimate of drug-likeness (QED) is 0.717. The van der Waals surface area contributed by atoms with Crippen molar-refractivity contribution < 1.29 is 18.0 Å². The van der Waals surface area contributed by atoms with E-state index in [0.717, 1.165) is 12.8 Å². The molecule has 6 nitrogen and oxygen atoms in total. The van der Waals surface area contributed by atoms with Gasteiger partial charge in [-0.3, -0.25) is 9.59 Å². The first-order valence-electron chi connectivity index (χ1n) is 10.9. The molecule has 2 aromatic rings. The molecular formula is C24H28N2O4S. The van der Waals surface area contributed by atoms with Crippen molar-refractivity contribution in [2.75, 3.05) is 13.1 Å². The molecule has 2 aliphatic rings. The van der Waals surface area contributed by atoms with Crippen LogP contribution in [0.3, 0.4) is 0 Å². The molecule has 1 saturated carbocycles. The zero-order chi connectivity index (χ0) is 21.8. The lowest BCUT2D eigenvalue weighted by atomic mass is 10.1. The smallest absolute Gasteiger partial charge is 0.252 e. The van der Waals surface area contributed by atoms with Crippen LogP contribution in [-0.2, 0) is 20.4 Å². The molecule has 2 aromatic carbocycles. The second-order valence-electron chi connectivity index (χ2n) is 8.51. The summed E-state index contributed by atoms with van der Waals surface area (Å²) in [5, 5.41) is 2.87. The Kier molecular flexibility index (Phi) is 6.41. The van der Waals surface area contributed by atoms with Crippen LogP contribution in [0.2, 0.25) is 0 Å². The summed E-state index contributed by atoms with van der Waals surface area (Å²) in [7, 11) is -3.68. The first-order chi connectivity index (χ1) is 14.9. The second kappa shape index (κ2) is 9.22. The standard InChI is InChI=1S/C24H28N2O4S/c27-23-14-19(16-26(23)20-10-4-5-11-20)15-25-24(28)21-12-6-7-13-22(21)31(29,30)17-18-8-2-1-3-9-18/h1-3,6-9,12-13,19-20H,4-5,10-11,14-17H2,(H,25,28). The Morgan fingerprint density at radius 2 is 1.68 bits per heavy atom. The van der Waals surface area contributed by atoms with Crippen LogP contribution >= 0.6 is 0 Å². The molecule has 0 spiro atoms. The number of hydrogen-bond acceptors (Lipinski definition) is 4. The lowest BCUT2D eigenvalue weighted by molar-refractivity contribution is -0.129. The molecule has 1 saturated heterocycles. The Labute approximate surface area is 183 Å². The Hall–Kier alpha value is -2.67. The fourth-order valence-electron chi connectivity index (χ4n) is 4.64. The van der Waals surface area contributed by atoms with Crippen LogP contribution in [0.1, 0.15) is 48.0 Å². The van der Waals surface area contributed by atoms with E-state index < -0.39 is 15.7 Å². The number of likely N-dealkylation sites (tertiary alicyclic amines) is 1. The summed E-state index contributed by atoms with van der Waals surface area (Å²) < 4.78 is 26.0. The third-order valence-electron chi connectivity index (χ3n) is 6.22. The van der Waals surface area contributed by atoms with Crippen molar-refractivity contribution >= 4 is 21.7 Å². The predicted octanol–water partition coefficient (Wildman–Crippen LogP) is 3.18. The van der Waals surface area contributed by atoms with E-state index in [2.05, 4.69) is 5.32 Å². The Morgan fingerprint density at radius 1 is 1.00 bits per heavy atom. The van der Waals surface area contributed by atoms with Gasteiger partial charge in [0.05, 0.1) is 16.2 Å². The van der Waals surface area contributed by atoms with Crippen molar-refractivity contribution in [3.8, 4) is 0 Å². The van der Waals surface area contributed by atoms with Crippen LogP contribution in [0, 0.1) is 5.92 Å². The van der Waals surface area contributed by atoms with Crippen molar-refractivity contribution in [3.63, 3.8) is 0 Å². The summed E-state index contributed by atoms with van der Waals surface area (Å²) in [6.45, 7) is 1.03. The fraction of sp³-hybridized carbons (Fsp3) is 0.417. The summed E-state index contributed by atoms with van der Waals surface area (Å²) in [5.41, 5.74) is 0.824. The van der Waals surface area contributed by atoms with E-state index >= 15 is 0 Å². The van der Waals surface area contributed by atoms with E-state index in [9.17, 15) is 18.0 Å². The molecule has 0 bridgehead atoms. The molecule has 31 heavy (non-hydrogen) atoms. The molecular weight excluding hydrogens is 412 g/mol. The number of benzene rings is 2. The molecule has 2 fully saturated rings. The lowest BCUT2D eigenvalue weighted by Crippen LogP contribution is -2.36. The van der Waals surface area contributed by atoms with Gasteiger partial charge in [-0.05, 0) is 30.5 Å². The number of carbonyl (C=O) groups excluding carboxylic acids is 2. The topological polar surface area (TPSA) is 83.6 Å². The van der Waals surface area contributed by atoms with Gasteiger partial charge in [-0.1, -0.05) is 55.3 Å². The third kappa shape index (κ3) is 4.98. The molecule has 1 unspecified atom stereocenters. The van der Waals surface area contributed by atoms with E-state index in [1.807, 2.05) is 11.0 Å². The molecule has 164 valence electrons. The number of sulfone groups is 1. The normalized spacial score (nSPS) is 19.7. The molecule has 1 aliphatic carbocycles. The van der Waals surface area contributed by atoms with Crippen molar-refractivity contribution in [2.45, 2.75) is 48.8 Å². The third-order valence-corrected chi connectivity index (χ3v) is 7.96. The SMILES string of the molecule is O=C(NCC1CC(=O)N(C2CCCC2)C1)c1ccccc1S(=O)(=O)Cc1ccccc1. The highest BCUT2D eigenvalue weighted by molar-refractivity contribution is 7.90. The molecule has 0 aromatic heterocycles. The van der Waals surface area contributed by atoms with Gasteiger partial charge < -0.3 is 10.2 Å². The van der Waals surface area contributed by atoms with Gasteiger partial charge in [0.2, 0.25) is 5.91 Å². The van der Waals surface area contributed by atoms with E-state index in [4.69, 9.17) is 0 Å². The molecule has 0 radical (unpaired) electrons. The number of carbonyl (C=O) groups is 2. The number of amides is 2. The van der Waals surface area contributed by atoms with Gasteiger partial charge >= 0.3 is 0 Å². The molecule has 1 N–H and O–H groups in total. The molecule has 1 atom stereocenters. The van der Waals surface area contributed by atoms with Gasteiger partial charge in [0.1, 0.15) is 0 Å². The molecule has 7 heteroatoms. The van der Waals surface area contributed by atoms with E-state index in [1.54, 1.807) is 36.4 Å². The lowest BCUT2D eigenvalue weighted by Gasteiger charge is -2.24.